The summed E-state index contributed by atoms with van der Waals surface area (Å²) in [4.78, 5) is 36.6. The number of anilines is 1. The molecule has 4 N–H and O–H groups in total. The molecule has 1 saturated heterocycles. The minimum absolute atomic E-state index is 0.00200. The maximum atomic E-state index is 11.8. The van der Waals surface area contributed by atoms with Gasteiger partial charge in [-0.25, -0.2) is 0 Å². The minimum Gasteiger partial charge on any atom is -0.376 e. The number of carbonyl (C=O) groups excluding carboxylic acids is 3. The summed E-state index contributed by atoms with van der Waals surface area (Å²) in [6.45, 7) is 1.49. The van der Waals surface area contributed by atoms with E-state index in [0.717, 1.165) is 25.9 Å². The summed E-state index contributed by atoms with van der Waals surface area (Å²) >= 11 is 0. The van der Waals surface area contributed by atoms with Gasteiger partial charge in [0.25, 0.3) is 5.91 Å². The van der Waals surface area contributed by atoms with E-state index < -0.39 is 5.91 Å². The number of nitrogens with zero attached hydrogens (tertiary/aromatic N) is 1. The molecule has 3 amide bonds. The normalized spacial score (nSPS) is 13.7. The Balaban J connectivity index is 1.78. The van der Waals surface area contributed by atoms with Crippen LogP contribution in [0.5, 0.6) is 0 Å². The monoisotopic (exact) mass is 304 g/mol. The van der Waals surface area contributed by atoms with Crippen LogP contribution in [-0.4, -0.2) is 48.8 Å². The predicted octanol–water partition coefficient (Wildman–Crippen LogP) is -0.0640. The van der Waals surface area contributed by atoms with Crippen LogP contribution in [0.15, 0.2) is 24.3 Å². The van der Waals surface area contributed by atoms with Crippen molar-refractivity contribution in [2.24, 2.45) is 5.73 Å². The van der Waals surface area contributed by atoms with E-state index in [-0.39, 0.29) is 24.9 Å². The summed E-state index contributed by atoms with van der Waals surface area (Å²) in [5.41, 5.74) is 6.08. The SMILES string of the molecule is NC(=O)c1ccccc1NCC(=O)NCC(=O)N1CCCC1. The van der Waals surface area contributed by atoms with E-state index in [1.807, 2.05) is 0 Å². The highest BCUT2D eigenvalue weighted by Gasteiger charge is 2.18. The quantitative estimate of drug-likeness (QED) is 0.684. The first-order chi connectivity index (χ1) is 10.6. The second-order valence-electron chi connectivity index (χ2n) is 5.13. The summed E-state index contributed by atoms with van der Waals surface area (Å²) in [7, 11) is 0. The average molecular weight is 304 g/mol. The Morgan fingerprint density at radius 1 is 1.09 bits per heavy atom. The maximum Gasteiger partial charge on any atom is 0.250 e. The standard InChI is InChI=1S/C15H20N4O3/c16-15(22)11-5-1-2-6-12(11)17-9-13(20)18-10-14(21)19-7-3-4-8-19/h1-2,5-6,17H,3-4,7-10H2,(H2,16,22)(H,18,20). The van der Waals surface area contributed by atoms with Crippen LogP contribution in [0.2, 0.25) is 0 Å². The first-order valence-electron chi connectivity index (χ1n) is 7.25. The highest BCUT2D eigenvalue weighted by molar-refractivity contribution is 5.99. The number of carbonyl (C=O) groups is 3. The van der Waals surface area contributed by atoms with E-state index in [1.165, 1.54) is 0 Å². The van der Waals surface area contributed by atoms with Gasteiger partial charge in [0.05, 0.1) is 18.7 Å². The van der Waals surface area contributed by atoms with Gasteiger partial charge in [-0.2, -0.15) is 0 Å². The van der Waals surface area contributed by atoms with Gasteiger partial charge in [-0.05, 0) is 25.0 Å². The number of nitrogens with one attached hydrogen (secondary N) is 2. The summed E-state index contributed by atoms with van der Waals surface area (Å²) in [5, 5.41) is 5.42. The summed E-state index contributed by atoms with van der Waals surface area (Å²) in [5.74, 6) is -0.942. The van der Waals surface area contributed by atoms with Gasteiger partial charge in [-0.3, -0.25) is 14.4 Å². The number of likely N-dealkylation sites (tertiary alicyclic amines) is 1. The zero-order chi connectivity index (χ0) is 15.9. The number of amides is 3. The summed E-state index contributed by atoms with van der Waals surface area (Å²) < 4.78 is 0. The largest absolute Gasteiger partial charge is 0.376 e. The molecule has 1 heterocycles. The van der Waals surface area contributed by atoms with E-state index >= 15 is 0 Å². The molecule has 0 atom stereocenters. The van der Waals surface area contributed by atoms with Crippen LogP contribution in [0.1, 0.15) is 23.2 Å². The highest BCUT2D eigenvalue weighted by atomic mass is 16.2. The average Bonchev–Trinajstić information content (AvgIpc) is 3.05. The third-order valence-electron chi connectivity index (χ3n) is 3.53. The van der Waals surface area contributed by atoms with E-state index in [2.05, 4.69) is 10.6 Å². The molecule has 1 aliphatic rings. The van der Waals surface area contributed by atoms with Crippen LogP contribution in [0.25, 0.3) is 0 Å². The van der Waals surface area contributed by atoms with Gasteiger partial charge in [-0.15, -0.1) is 0 Å². The Morgan fingerprint density at radius 3 is 2.45 bits per heavy atom. The Morgan fingerprint density at radius 2 is 1.77 bits per heavy atom. The van der Waals surface area contributed by atoms with Crippen molar-refractivity contribution in [3.05, 3.63) is 29.8 Å². The van der Waals surface area contributed by atoms with Crippen molar-refractivity contribution < 1.29 is 14.4 Å². The van der Waals surface area contributed by atoms with Crippen molar-refractivity contribution in [1.29, 1.82) is 0 Å². The number of nitrogens with two attached hydrogens (primary N) is 1. The van der Waals surface area contributed by atoms with E-state index in [1.54, 1.807) is 29.2 Å². The molecule has 0 spiro atoms. The number of para-hydroxylation sites is 1. The van der Waals surface area contributed by atoms with Crippen molar-refractivity contribution >= 4 is 23.4 Å². The fourth-order valence-corrected chi connectivity index (χ4v) is 2.34. The maximum absolute atomic E-state index is 11.8. The molecular formula is C15H20N4O3. The van der Waals surface area contributed by atoms with Gasteiger partial charge in [0.1, 0.15) is 0 Å². The van der Waals surface area contributed by atoms with Gasteiger partial charge in [0, 0.05) is 18.8 Å². The Hall–Kier alpha value is -2.57. The topological polar surface area (TPSA) is 105 Å². The molecule has 0 unspecified atom stereocenters. The molecule has 2 rings (SSSR count). The Kier molecular flexibility index (Phi) is 5.35. The summed E-state index contributed by atoms with van der Waals surface area (Å²) in [6.07, 6.45) is 2.04. The van der Waals surface area contributed by atoms with Gasteiger partial charge in [0.2, 0.25) is 11.8 Å². The van der Waals surface area contributed by atoms with Crippen LogP contribution in [0.3, 0.4) is 0 Å². The van der Waals surface area contributed by atoms with Gasteiger partial charge in [-0.1, -0.05) is 12.1 Å². The molecule has 1 aromatic rings. The van der Waals surface area contributed by atoms with Crippen molar-refractivity contribution in [1.82, 2.24) is 10.2 Å². The Labute approximate surface area is 128 Å². The van der Waals surface area contributed by atoms with Crippen LogP contribution >= 0.6 is 0 Å². The second kappa shape index (κ2) is 7.44. The van der Waals surface area contributed by atoms with Gasteiger partial charge in [0.15, 0.2) is 0 Å². The third-order valence-corrected chi connectivity index (χ3v) is 3.53. The van der Waals surface area contributed by atoms with Gasteiger partial charge < -0.3 is 21.3 Å². The predicted molar refractivity (Wildman–Crippen MR) is 82.3 cm³/mol. The third kappa shape index (κ3) is 4.21. The van der Waals surface area contributed by atoms with Gasteiger partial charge >= 0.3 is 0 Å². The zero-order valence-corrected chi connectivity index (χ0v) is 12.3. The first kappa shape index (κ1) is 15.8. The van der Waals surface area contributed by atoms with Crippen LogP contribution in [-0.2, 0) is 9.59 Å². The van der Waals surface area contributed by atoms with Crippen LogP contribution < -0.4 is 16.4 Å². The first-order valence-corrected chi connectivity index (χ1v) is 7.25. The smallest absolute Gasteiger partial charge is 0.250 e. The number of hydrogen-bond acceptors (Lipinski definition) is 4. The zero-order valence-electron chi connectivity index (χ0n) is 12.3. The Bertz CT molecular complexity index is 568. The lowest BCUT2D eigenvalue weighted by atomic mass is 10.1. The molecule has 1 aliphatic heterocycles. The summed E-state index contributed by atoms with van der Waals surface area (Å²) in [6, 6.07) is 6.69. The molecule has 1 fully saturated rings. The van der Waals surface area contributed by atoms with Crippen molar-refractivity contribution in [2.45, 2.75) is 12.8 Å². The molecular weight excluding hydrogens is 284 g/mol. The molecule has 0 saturated carbocycles. The fraction of sp³-hybridized carbons (Fsp3) is 0.400. The fourth-order valence-electron chi connectivity index (χ4n) is 2.34. The lowest BCUT2D eigenvalue weighted by molar-refractivity contribution is -0.131. The van der Waals surface area contributed by atoms with Crippen molar-refractivity contribution in [3.63, 3.8) is 0 Å². The van der Waals surface area contributed by atoms with Crippen molar-refractivity contribution in [3.8, 4) is 0 Å². The number of rotatable bonds is 6. The van der Waals surface area contributed by atoms with E-state index in [0.29, 0.717) is 11.3 Å². The molecule has 1 aromatic carbocycles. The number of hydrogen-bond donors (Lipinski definition) is 3. The number of primary amides is 1. The molecule has 0 aliphatic carbocycles. The molecule has 118 valence electrons. The van der Waals surface area contributed by atoms with Crippen LogP contribution in [0.4, 0.5) is 5.69 Å². The molecule has 0 aromatic heterocycles. The molecule has 7 heteroatoms. The lowest BCUT2D eigenvalue weighted by Gasteiger charge is -2.15. The molecule has 0 radical (unpaired) electrons. The highest BCUT2D eigenvalue weighted by Crippen LogP contribution is 2.13. The van der Waals surface area contributed by atoms with Crippen molar-refractivity contribution in [2.75, 3.05) is 31.5 Å². The molecule has 7 nitrogen and oxygen atoms in total. The molecule has 22 heavy (non-hydrogen) atoms. The molecule has 0 bridgehead atoms. The number of benzene rings is 1. The lowest BCUT2D eigenvalue weighted by Crippen LogP contribution is -2.40. The van der Waals surface area contributed by atoms with Crippen LogP contribution in [0, 0.1) is 0 Å². The van der Waals surface area contributed by atoms with E-state index in [9.17, 15) is 14.4 Å². The minimum atomic E-state index is -0.562. The van der Waals surface area contributed by atoms with E-state index in [4.69, 9.17) is 5.73 Å². The second-order valence-corrected chi connectivity index (χ2v) is 5.13.